The number of benzene rings is 2. The summed E-state index contributed by atoms with van der Waals surface area (Å²) in [4.78, 5) is 42.2. The van der Waals surface area contributed by atoms with E-state index >= 15 is 0 Å². The predicted molar refractivity (Wildman–Crippen MR) is 147 cm³/mol. The molecule has 40 heavy (non-hydrogen) atoms. The van der Waals surface area contributed by atoms with Crippen LogP contribution in [0.5, 0.6) is 5.75 Å². The van der Waals surface area contributed by atoms with E-state index in [-0.39, 0.29) is 49.7 Å². The maximum atomic E-state index is 13.8. The van der Waals surface area contributed by atoms with E-state index in [4.69, 9.17) is 4.74 Å². The smallest absolute Gasteiger partial charge is 0.246 e. The Kier molecular flexibility index (Phi) is 9.42. The monoisotopic (exact) mass is 555 g/mol. The number of fused-ring (bicyclic) bond motifs is 1. The highest BCUT2D eigenvalue weighted by atomic mass is 19.1. The van der Waals surface area contributed by atoms with Gasteiger partial charge in [0, 0.05) is 6.54 Å². The van der Waals surface area contributed by atoms with Gasteiger partial charge in [-0.1, -0.05) is 24.3 Å². The predicted octanol–water partition coefficient (Wildman–Crippen LogP) is 2.15. The Morgan fingerprint density at radius 3 is 2.60 bits per heavy atom. The number of quaternary nitrogens is 1. The molecule has 0 unspecified atom stereocenters. The molecular weight excluding hydrogens is 515 g/mol. The summed E-state index contributed by atoms with van der Waals surface area (Å²) in [5.41, 5.74) is 1.43. The molecule has 2 aliphatic rings. The largest absolute Gasteiger partial charge is 0.491 e. The number of carbonyl (C=O) groups is 3. The quantitative estimate of drug-likeness (QED) is 0.275. The molecule has 3 N–H and O–H groups in total. The average Bonchev–Trinajstić information content (AvgIpc) is 3.33. The number of halogens is 1. The van der Waals surface area contributed by atoms with Crippen LogP contribution < -0.4 is 15.4 Å². The summed E-state index contributed by atoms with van der Waals surface area (Å²) < 4.78 is 19.7. The lowest BCUT2D eigenvalue weighted by atomic mass is 9.92. The number of rotatable bonds is 12. The van der Waals surface area contributed by atoms with Gasteiger partial charge in [-0.3, -0.25) is 14.4 Å². The summed E-state index contributed by atoms with van der Waals surface area (Å²) >= 11 is 0. The lowest BCUT2D eigenvalue weighted by Crippen LogP contribution is -2.61. The van der Waals surface area contributed by atoms with Crippen molar-refractivity contribution in [2.75, 3.05) is 40.9 Å². The normalized spacial score (nSPS) is 22.6. The molecule has 0 bridgehead atoms. The van der Waals surface area contributed by atoms with Gasteiger partial charge in [0.2, 0.25) is 17.7 Å². The Morgan fingerprint density at radius 1 is 1.15 bits per heavy atom. The van der Waals surface area contributed by atoms with E-state index in [2.05, 4.69) is 31.8 Å². The minimum absolute atomic E-state index is 0.110. The third-order valence-corrected chi connectivity index (χ3v) is 7.51. The van der Waals surface area contributed by atoms with Gasteiger partial charge >= 0.3 is 0 Å². The minimum Gasteiger partial charge on any atom is -0.491 e. The Labute approximate surface area is 234 Å². The molecule has 0 spiro atoms. The molecule has 9 nitrogen and oxygen atoms in total. The van der Waals surface area contributed by atoms with Gasteiger partial charge in [0.1, 0.15) is 30.3 Å². The maximum Gasteiger partial charge on any atom is 0.246 e. The topological polar surface area (TPSA) is 108 Å². The van der Waals surface area contributed by atoms with Crippen LogP contribution in [0.3, 0.4) is 0 Å². The zero-order chi connectivity index (χ0) is 28.9. The number of nitrogens with zero attached hydrogens (tertiary/aromatic N) is 2. The van der Waals surface area contributed by atoms with Crippen LogP contribution in [0.2, 0.25) is 0 Å². The molecule has 2 fully saturated rings. The standard InChI is InChI=1S/C30H39FN4O5/c1-35(2,3)14-5-4-9-25-30(39)34-26(29(38)33-25)18-24(28(37)32-19-20-10-12-22(31)13-11-20)27(34)21-7-6-8-23(17-21)40-16-15-36/h6-8,10-13,17,24-27,36H,4-5,9,14-16,18-19H2,1-3H3,(H-,32,33,37,38)/p+1/t24-,25-,26-,27-/m0/s1. The third-order valence-electron chi connectivity index (χ3n) is 7.51. The zero-order valence-electron chi connectivity index (χ0n) is 23.4. The van der Waals surface area contributed by atoms with Gasteiger partial charge in [-0.2, -0.15) is 0 Å². The second-order valence-electron chi connectivity index (χ2n) is 11.6. The SMILES string of the molecule is C[N+](C)(C)CCCC[C@@H]1NC(=O)[C@@H]2C[C@H](C(=O)NCc3ccc(F)cc3)[C@H](c3cccc(OCCO)c3)N2C1=O. The summed E-state index contributed by atoms with van der Waals surface area (Å²) in [7, 11) is 6.35. The van der Waals surface area contributed by atoms with E-state index in [1.807, 2.05) is 6.07 Å². The molecule has 2 aromatic rings. The highest BCUT2D eigenvalue weighted by molar-refractivity contribution is 5.99. The van der Waals surface area contributed by atoms with E-state index in [1.165, 1.54) is 12.1 Å². The van der Waals surface area contributed by atoms with E-state index in [0.717, 1.165) is 29.4 Å². The first kappa shape index (κ1) is 29.5. The first-order valence-corrected chi connectivity index (χ1v) is 13.9. The molecule has 10 heteroatoms. The molecule has 4 rings (SSSR count). The van der Waals surface area contributed by atoms with Crippen molar-refractivity contribution >= 4 is 17.7 Å². The van der Waals surface area contributed by atoms with Crippen LogP contribution in [0, 0.1) is 11.7 Å². The molecule has 0 aliphatic carbocycles. The van der Waals surface area contributed by atoms with Crippen molar-refractivity contribution in [1.29, 1.82) is 0 Å². The van der Waals surface area contributed by atoms with Crippen LogP contribution >= 0.6 is 0 Å². The second kappa shape index (κ2) is 12.8. The Hall–Kier alpha value is -3.50. The summed E-state index contributed by atoms with van der Waals surface area (Å²) in [5, 5.41) is 15.0. The number of nitrogens with one attached hydrogen (secondary N) is 2. The highest BCUT2D eigenvalue weighted by Gasteiger charge is 2.54. The molecule has 2 aromatic carbocycles. The third kappa shape index (κ3) is 7.17. The summed E-state index contributed by atoms with van der Waals surface area (Å²) in [5.74, 6) is -1.25. The lowest BCUT2D eigenvalue weighted by molar-refractivity contribution is -0.870. The first-order valence-electron chi connectivity index (χ1n) is 13.9. The number of piperazine rings is 1. The van der Waals surface area contributed by atoms with Crippen molar-refractivity contribution in [3.8, 4) is 5.75 Å². The number of unbranched alkanes of at least 4 members (excludes halogenated alkanes) is 1. The van der Waals surface area contributed by atoms with E-state index in [1.54, 1.807) is 35.2 Å². The zero-order valence-corrected chi connectivity index (χ0v) is 23.4. The molecule has 216 valence electrons. The molecule has 4 atom stereocenters. The summed E-state index contributed by atoms with van der Waals surface area (Å²) in [6.45, 7) is 1.12. The van der Waals surface area contributed by atoms with Gasteiger partial charge < -0.3 is 29.9 Å². The van der Waals surface area contributed by atoms with Crippen molar-refractivity contribution in [1.82, 2.24) is 15.5 Å². The van der Waals surface area contributed by atoms with Crippen LogP contribution in [0.4, 0.5) is 4.39 Å². The molecular formula is C30H40FN4O5+. The van der Waals surface area contributed by atoms with Crippen molar-refractivity contribution < 1.29 is 33.1 Å². The molecule has 0 radical (unpaired) electrons. The van der Waals surface area contributed by atoms with Gasteiger partial charge in [-0.05, 0) is 61.1 Å². The molecule has 0 saturated carbocycles. The van der Waals surface area contributed by atoms with Crippen LogP contribution in [0.25, 0.3) is 0 Å². The number of aliphatic hydroxyl groups is 1. The molecule has 0 aromatic heterocycles. The first-order chi connectivity index (χ1) is 19.1. The Morgan fingerprint density at radius 2 is 1.90 bits per heavy atom. The lowest BCUT2D eigenvalue weighted by Gasteiger charge is -2.38. The van der Waals surface area contributed by atoms with Gasteiger partial charge in [0.25, 0.3) is 0 Å². The number of ether oxygens (including phenoxy) is 1. The number of amides is 3. The maximum absolute atomic E-state index is 13.8. The highest BCUT2D eigenvalue weighted by Crippen LogP contribution is 2.44. The van der Waals surface area contributed by atoms with Crippen molar-refractivity contribution in [3.63, 3.8) is 0 Å². The van der Waals surface area contributed by atoms with Gasteiger partial charge in [0.05, 0.1) is 46.3 Å². The van der Waals surface area contributed by atoms with Crippen molar-refractivity contribution in [3.05, 3.63) is 65.5 Å². The fraction of sp³-hybridized carbons (Fsp3) is 0.500. The average molecular weight is 556 g/mol. The fourth-order valence-electron chi connectivity index (χ4n) is 5.55. The van der Waals surface area contributed by atoms with Gasteiger partial charge in [0.15, 0.2) is 0 Å². The summed E-state index contributed by atoms with van der Waals surface area (Å²) in [6.07, 6.45) is 2.44. The van der Waals surface area contributed by atoms with Gasteiger partial charge in [-0.15, -0.1) is 0 Å². The molecule has 2 saturated heterocycles. The van der Waals surface area contributed by atoms with E-state index < -0.39 is 24.0 Å². The second-order valence-corrected chi connectivity index (χ2v) is 11.6. The van der Waals surface area contributed by atoms with Crippen molar-refractivity contribution in [2.24, 2.45) is 5.92 Å². The summed E-state index contributed by atoms with van der Waals surface area (Å²) in [6, 6.07) is 10.9. The van der Waals surface area contributed by atoms with E-state index in [9.17, 15) is 23.9 Å². The number of hydrogen-bond donors (Lipinski definition) is 3. The minimum atomic E-state index is -0.761. The molecule has 2 aliphatic heterocycles. The van der Waals surface area contributed by atoms with Crippen LogP contribution in [-0.2, 0) is 20.9 Å². The van der Waals surface area contributed by atoms with Gasteiger partial charge in [-0.25, -0.2) is 4.39 Å². The Balaban J connectivity index is 1.57. The molecule has 3 amide bonds. The fourth-order valence-corrected chi connectivity index (χ4v) is 5.55. The number of aliphatic hydroxyl groups excluding tert-OH is 1. The molecule has 2 heterocycles. The van der Waals surface area contributed by atoms with E-state index in [0.29, 0.717) is 17.7 Å². The number of hydrogen-bond acceptors (Lipinski definition) is 5. The van der Waals surface area contributed by atoms with Crippen LogP contribution in [0.1, 0.15) is 42.9 Å². The number of carbonyl (C=O) groups excluding carboxylic acids is 3. The Bertz CT molecular complexity index is 1200. The van der Waals surface area contributed by atoms with Crippen LogP contribution in [-0.4, -0.2) is 85.2 Å². The van der Waals surface area contributed by atoms with Crippen LogP contribution in [0.15, 0.2) is 48.5 Å². The van der Waals surface area contributed by atoms with Crippen molar-refractivity contribution in [2.45, 2.75) is 50.4 Å².